The van der Waals surface area contributed by atoms with Crippen LogP contribution in [0.3, 0.4) is 0 Å². The predicted molar refractivity (Wildman–Crippen MR) is 90.2 cm³/mol. The van der Waals surface area contributed by atoms with Crippen LogP contribution in [0.1, 0.15) is 24.0 Å². The van der Waals surface area contributed by atoms with E-state index < -0.39 is 10.0 Å². The van der Waals surface area contributed by atoms with Gasteiger partial charge in [-0.1, -0.05) is 6.07 Å². The normalized spacial score (nSPS) is 25.7. The number of hydrogen-bond acceptors (Lipinski definition) is 4. The van der Waals surface area contributed by atoms with E-state index >= 15 is 0 Å². The molecule has 1 amide bonds. The van der Waals surface area contributed by atoms with Crippen LogP contribution in [-0.4, -0.2) is 62.3 Å². The Morgan fingerprint density at radius 2 is 1.88 bits per heavy atom. The molecule has 130 valence electrons. The fourth-order valence-electron chi connectivity index (χ4n) is 4.06. The molecule has 1 aromatic rings. The van der Waals surface area contributed by atoms with Gasteiger partial charge < -0.3 is 5.32 Å². The van der Waals surface area contributed by atoms with E-state index in [0.717, 1.165) is 25.8 Å². The Kier molecular flexibility index (Phi) is 4.10. The molecule has 2 saturated heterocycles. The highest BCUT2D eigenvalue weighted by Gasteiger charge is 2.35. The van der Waals surface area contributed by atoms with Gasteiger partial charge in [0.05, 0.1) is 10.9 Å². The standard InChI is InChI=1S/C17H23N3O3S/c21-17-16-6-8-20(11-10-19(16)9-7-18-17)24(22,23)15-5-4-13-2-1-3-14(13)12-15/h4-5,12,16H,1-3,6-11H2,(H,18,21). The van der Waals surface area contributed by atoms with Crippen molar-refractivity contribution >= 4 is 15.9 Å². The van der Waals surface area contributed by atoms with Gasteiger partial charge in [0.25, 0.3) is 0 Å². The number of benzene rings is 1. The highest BCUT2D eigenvalue weighted by molar-refractivity contribution is 7.89. The second-order valence-corrected chi connectivity index (χ2v) is 8.76. The molecule has 2 fully saturated rings. The van der Waals surface area contributed by atoms with Crippen LogP contribution in [0.25, 0.3) is 0 Å². The van der Waals surface area contributed by atoms with Crippen molar-refractivity contribution in [1.29, 1.82) is 0 Å². The summed E-state index contributed by atoms with van der Waals surface area (Å²) in [5.41, 5.74) is 2.45. The summed E-state index contributed by atoms with van der Waals surface area (Å²) in [6.45, 7) is 2.90. The third kappa shape index (κ3) is 2.74. The predicted octanol–water partition coefficient (Wildman–Crippen LogP) is 0.370. The van der Waals surface area contributed by atoms with Crippen molar-refractivity contribution in [2.24, 2.45) is 0 Å². The number of nitrogens with one attached hydrogen (secondary N) is 1. The number of aryl methyl sites for hydroxylation is 2. The molecule has 1 aliphatic carbocycles. The van der Waals surface area contributed by atoms with Crippen molar-refractivity contribution in [3.8, 4) is 0 Å². The van der Waals surface area contributed by atoms with Gasteiger partial charge in [-0.2, -0.15) is 4.31 Å². The van der Waals surface area contributed by atoms with Gasteiger partial charge in [0.1, 0.15) is 0 Å². The summed E-state index contributed by atoms with van der Waals surface area (Å²) in [7, 11) is -3.49. The molecular weight excluding hydrogens is 326 g/mol. The Hall–Kier alpha value is -1.44. The Bertz CT molecular complexity index is 762. The largest absolute Gasteiger partial charge is 0.353 e. The van der Waals surface area contributed by atoms with Gasteiger partial charge in [0.15, 0.2) is 0 Å². The first-order valence-electron chi connectivity index (χ1n) is 8.69. The number of carbonyl (C=O) groups excluding carboxylic acids is 1. The lowest BCUT2D eigenvalue weighted by Crippen LogP contribution is -2.55. The summed E-state index contributed by atoms with van der Waals surface area (Å²) in [6, 6.07) is 5.36. The molecule has 7 heteroatoms. The summed E-state index contributed by atoms with van der Waals surface area (Å²) in [5, 5.41) is 2.87. The highest BCUT2D eigenvalue weighted by atomic mass is 32.2. The number of nitrogens with zero attached hydrogens (tertiary/aromatic N) is 2. The molecule has 1 unspecified atom stereocenters. The number of hydrogen-bond donors (Lipinski definition) is 1. The van der Waals surface area contributed by atoms with Crippen LogP contribution >= 0.6 is 0 Å². The van der Waals surface area contributed by atoms with Gasteiger partial charge in [-0.05, 0) is 48.9 Å². The van der Waals surface area contributed by atoms with Crippen LogP contribution in [0, 0.1) is 0 Å². The topological polar surface area (TPSA) is 69.7 Å². The van der Waals surface area contributed by atoms with Crippen LogP contribution in [0.2, 0.25) is 0 Å². The second-order valence-electron chi connectivity index (χ2n) is 6.82. The van der Waals surface area contributed by atoms with Crippen molar-refractivity contribution in [1.82, 2.24) is 14.5 Å². The molecule has 4 rings (SSSR count). The fraction of sp³-hybridized carbons (Fsp3) is 0.588. The van der Waals surface area contributed by atoms with Crippen molar-refractivity contribution in [2.75, 3.05) is 32.7 Å². The summed E-state index contributed by atoms with van der Waals surface area (Å²) in [4.78, 5) is 14.5. The average Bonchev–Trinajstić information content (AvgIpc) is 2.92. The second kappa shape index (κ2) is 6.13. The molecule has 1 atom stereocenters. The molecular formula is C17H23N3O3S. The molecule has 3 aliphatic rings. The number of fused-ring (bicyclic) bond motifs is 2. The smallest absolute Gasteiger partial charge is 0.243 e. The molecule has 0 spiro atoms. The van der Waals surface area contributed by atoms with Crippen LogP contribution in [0.4, 0.5) is 0 Å². The third-order valence-electron chi connectivity index (χ3n) is 5.44. The molecule has 0 aromatic heterocycles. The lowest BCUT2D eigenvalue weighted by Gasteiger charge is -2.32. The monoisotopic (exact) mass is 349 g/mol. The van der Waals surface area contributed by atoms with E-state index in [4.69, 9.17) is 0 Å². The van der Waals surface area contributed by atoms with E-state index in [1.54, 1.807) is 10.4 Å². The molecule has 2 heterocycles. The SMILES string of the molecule is O=C1NCCN2CCN(S(=O)(=O)c3ccc4c(c3)CCC4)CCC12. The number of carbonyl (C=O) groups is 1. The van der Waals surface area contributed by atoms with E-state index in [0.29, 0.717) is 37.5 Å². The summed E-state index contributed by atoms with van der Waals surface area (Å²) < 4.78 is 27.6. The molecule has 0 bridgehead atoms. The minimum Gasteiger partial charge on any atom is -0.353 e. The van der Waals surface area contributed by atoms with Crippen molar-refractivity contribution in [3.05, 3.63) is 29.3 Å². The third-order valence-corrected chi connectivity index (χ3v) is 7.33. The van der Waals surface area contributed by atoms with E-state index in [-0.39, 0.29) is 11.9 Å². The molecule has 1 N–H and O–H groups in total. The zero-order chi connectivity index (χ0) is 16.7. The van der Waals surface area contributed by atoms with Gasteiger partial charge in [0, 0.05) is 32.7 Å². The van der Waals surface area contributed by atoms with E-state index in [1.165, 1.54) is 11.1 Å². The van der Waals surface area contributed by atoms with Crippen LogP contribution in [0.5, 0.6) is 0 Å². The number of sulfonamides is 1. The zero-order valence-corrected chi connectivity index (χ0v) is 14.5. The highest BCUT2D eigenvalue weighted by Crippen LogP contribution is 2.27. The van der Waals surface area contributed by atoms with Crippen molar-refractivity contribution in [3.63, 3.8) is 0 Å². The van der Waals surface area contributed by atoms with Gasteiger partial charge in [-0.25, -0.2) is 8.42 Å². The van der Waals surface area contributed by atoms with E-state index in [9.17, 15) is 13.2 Å². The molecule has 6 nitrogen and oxygen atoms in total. The fourth-order valence-corrected chi connectivity index (χ4v) is 5.56. The maximum atomic E-state index is 13.0. The van der Waals surface area contributed by atoms with Crippen LogP contribution in [0.15, 0.2) is 23.1 Å². The van der Waals surface area contributed by atoms with Gasteiger partial charge >= 0.3 is 0 Å². The molecule has 1 aromatic carbocycles. The average molecular weight is 349 g/mol. The Morgan fingerprint density at radius 3 is 2.75 bits per heavy atom. The van der Waals surface area contributed by atoms with E-state index in [2.05, 4.69) is 10.2 Å². The number of amides is 1. The van der Waals surface area contributed by atoms with Gasteiger partial charge in [0.2, 0.25) is 15.9 Å². The molecule has 0 saturated carbocycles. The first-order valence-corrected chi connectivity index (χ1v) is 10.1. The Morgan fingerprint density at radius 1 is 1.04 bits per heavy atom. The molecule has 24 heavy (non-hydrogen) atoms. The Labute approximate surface area is 142 Å². The van der Waals surface area contributed by atoms with Crippen molar-refractivity contribution < 1.29 is 13.2 Å². The summed E-state index contributed by atoms with van der Waals surface area (Å²) in [6.07, 6.45) is 3.67. The molecule has 2 aliphatic heterocycles. The maximum Gasteiger partial charge on any atom is 0.243 e. The quantitative estimate of drug-likeness (QED) is 0.838. The summed E-state index contributed by atoms with van der Waals surface area (Å²) in [5.74, 6) is 0.0260. The lowest BCUT2D eigenvalue weighted by molar-refractivity contribution is -0.128. The number of rotatable bonds is 2. The van der Waals surface area contributed by atoms with Crippen LogP contribution < -0.4 is 5.32 Å². The first kappa shape index (κ1) is 16.1. The van der Waals surface area contributed by atoms with Crippen molar-refractivity contribution in [2.45, 2.75) is 36.6 Å². The summed E-state index contributed by atoms with van der Waals surface area (Å²) >= 11 is 0. The number of piperazine rings is 1. The first-order chi connectivity index (χ1) is 11.6. The molecule has 0 radical (unpaired) electrons. The maximum absolute atomic E-state index is 13.0. The lowest BCUT2D eigenvalue weighted by atomic mass is 10.1. The van der Waals surface area contributed by atoms with Crippen LogP contribution in [-0.2, 0) is 27.7 Å². The minimum absolute atomic E-state index is 0.0260. The van der Waals surface area contributed by atoms with E-state index in [1.807, 2.05) is 12.1 Å². The minimum atomic E-state index is -3.49. The van der Waals surface area contributed by atoms with Gasteiger partial charge in [-0.3, -0.25) is 9.69 Å². The zero-order valence-electron chi connectivity index (χ0n) is 13.7. The van der Waals surface area contributed by atoms with Gasteiger partial charge in [-0.15, -0.1) is 0 Å². The Balaban J connectivity index is 1.57.